The SMILES string of the molecule is CCS(=O)(=O)c1c(C=O)nc2cc(C(F)(F)F)ccn12. The predicted molar refractivity (Wildman–Crippen MR) is 63.3 cm³/mol. The van der Waals surface area contributed by atoms with Gasteiger partial charge in [0, 0.05) is 6.20 Å². The van der Waals surface area contributed by atoms with Gasteiger partial charge in [-0.3, -0.25) is 9.20 Å². The lowest BCUT2D eigenvalue weighted by Gasteiger charge is -2.07. The highest BCUT2D eigenvalue weighted by atomic mass is 32.2. The summed E-state index contributed by atoms with van der Waals surface area (Å²) in [6, 6.07) is 1.43. The average molecular weight is 306 g/mol. The summed E-state index contributed by atoms with van der Waals surface area (Å²) >= 11 is 0. The van der Waals surface area contributed by atoms with E-state index in [1.807, 2.05) is 0 Å². The first-order valence-electron chi connectivity index (χ1n) is 5.48. The largest absolute Gasteiger partial charge is 0.416 e. The molecule has 2 heterocycles. The van der Waals surface area contributed by atoms with Crippen molar-refractivity contribution in [3.8, 4) is 0 Å². The van der Waals surface area contributed by atoms with E-state index in [2.05, 4.69) is 4.98 Å². The van der Waals surface area contributed by atoms with Gasteiger partial charge in [-0.1, -0.05) is 6.92 Å². The van der Waals surface area contributed by atoms with Crippen molar-refractivity contribution in [1.29, 1.82) is 0 Å². The Kier molecular flexibility index (Phi) is 3.32. The number of halogens is 3. The van der Waals surface area contributed by atoms with Gasteiger partial charge in [0.05, 0.1) is 11.3 Å². The molecule has 2 rings (SSSR count). The van der Waals surface area contributed by atoms with Crippen molar-refractivity contribution in [3.05, 3.63) is 29.6 Å². The number of carbonyl (C=O) groups is 1. The quantitative estimate of drug-likeness (QED) is 0.813. The number of pyridine rings is 1. The lowest BCUT2D eigenvalue weighted by atomic mass is 10.2. The van der Waals surface area contributed by atoms with E-state index in [4.69, 9.17) is 0 Å². The molecule has 108 valence electrons. The standard InChI is InChI=1S/C11H9F3N2O3S/c1-2-20(18,19)10-8(6-17)15-9-5-7(11(12,13)14)3-4-16(9)10/h3-6H,2H2,1H3. The molecule has 0 aliphatic rings. The second kappa shape index (κ2) is 4.58. The van der Waals surface area contributed by atoms with Crippen molar-refractivity contribution >= 4 is 21.8 Å². The molecular weight excluding hydrogens is 297 g/mol. The van der Waals surface area contributed by atoms with Gasteiger partial charge < -0.3 is 0 Å². The van der Waals surface area contributed by atoms with Crippen molar-refractivity contribution in [2.45, 2.75) is 18.1 Å². The summed E-state index contributed by atoms with van der Waals surface area (Å²) in [6.45, 7) is 1.37. The first-order chi connectivity index (χ1) is 9.20. The molecule has 5 nitrogen and oxygen atoms in total. The van der Waals surface area contributed by atoms with Crippen molar-refractivity contribution in [3.63, 3.8) is 0 Å². The maximum absolute atomic E-state index is 12.6. The predicted octanol–water partition coefficient (Wildman–Crippen LogP) is 1.96. The molecule has 9 heteroatoms. The van der Waals surface area contributed by atoms with E-state index < -0.39 is 32.3 Å². The Balaban J connectivity index is 2.81. The fourth-order valence-electron chi connectivity index (χ4n) is 1.74. The number of alkyl halides is 3. The van der Waals surface area contributed by atoms with Crippen LogP contribution in [0.1, 0.15) is 23.0 Å². The Morgan fingerprint density at radius 3 is 2.55 bits per heavy atom. The van der Waals surface area contributed by atoms with Gasteiger partial charge >= 0.3 is 6.18 Å². The van der Waals surface area contributed by atoms with Crippen LogP contribution in [0.2, 0.25) is 0 Å². The van der Waals surface area contributed by atoms with Crippen LogP contribution in [0.25, 0.3) is 5.65 Å². The van der Waals surface area contributed by atoms with Gasteiger partial charge in [-0.2, -0.15) is 13.2 Å². The minimum absolute atomic E-state index is 0.211. The van der Waals surface area contributed by atoms with Crippen LogP contribution in [0.5, 0.6) is 0 Å². The zero-order valence-electron chi connectivity index (χ0n) is 10.2. The summed E-state index contributed by atoms with van der Waals surface area (Å²) in [5, 5.41) is -0.390. The molecule has 2 aromatic rings. The lowest BCUT2D eigenvalue weighted by molar-refractivity contribution is -0.137. The lowest BCUT2D eigenvalue weighted by Crippen LogP contribution is -2.10. The van der Waals surface area contributed by atoms with Gasteiger partial charge in [0.1, 0.15) is 11.3 Å². The van der Waals surface area contributed by atoms with Crippen LogP contribution in [0.3, 0.4) is 0 Å². The molecule has 0 aliphatic heterocycles. The van der Waals surface area contributed by atoms with E-state index in [1.54, 1.807) is 0 Å². The number of rotatable bonds is 3. The van der Waals surface area contributed by atoms with E-state index >= 15 is 0 Å². The van der Waals surface area contributed by atoms with Crippen molar-refractivity contribution in [2.24, 2.45) is 0 Å². The number of hydrogen-bond acceptors (Lipinski definition) is 4. The van der Waals surface area contributed by atoms with E-state index in [1.165, 1.54) is 6.92 Å². The van der Waals surface area contributed by atoms with Crippen LogP contribution in [0.4, 0.5) is 13.2 Å². The maximum Gasteiger partial charge on any atom is 0.416 e. The molecule has 0 fully saturated rings. The number of fused-ring (bicyclic) bond motifs is 1. The maximum atomic E-state index is 12.6. The van der Waals surface area contributed by atoms with Crippen molar-refractivity contribution in [2.75, 3.05) is 5.75 Å². The van der Waals surface area contributed by atoms with Crippen LogP contribution in [0, 0.1) is 0 Å². The van der Waals surface area contributed by atoms with Crippen LogP contribution in [-0.4, -0.2) is 29.8 Å². The molecule has 0 N–H and O–H groups in total. The zero-order valence-corrected chi connectivity index (χ0v) is 11.0. The highest BCUT2D eigenvalue weighted by Crippen LogP contribution is 2.30. The monoisotopic (exact) mass is 306 g/mol. The summed E-state index contributed by atoms with van der Waals surface area (Å²) in [6.07, 6.45) is -3.41. The van der Waals surface area contributed by atoms with E-state index in [0.29, 0.717) is 6.07 Å². The summed E-state index contributed by atoms with van der Waals surface area (Å²) in [5.74, 6) is -0.289. The third-order valence-corrected chi connectivity index (χ3v) is 4.48. The molecule has 2 aromatic heterocycles. The Bertz CT molecular complexity index is 778. The molecule has 0 aliphatic carbocycles. The smallest absolute Gasteiger partial charge is 0.296 e. The van der Waals surface area contributed by atoms with Gasteiger partial charge in [0.15, 0.2) is 21.1 Å². The van der Waals surface area contributed by atoms with Crippen molar-refractivity contribution < 1.29 is 26.4 Å². The normalized spacial score (nSPS) is 12.8. The van der Waals surface area contributed by atoms with Crippen LogP contribution in [-0.2, 0) is 16.0 Å². The second-order valence-corrected chi connectivity index (χ2v) is 6.16. The topological polar surface area (TPSA) is 68.5 Å². The molecule has 0 unspecified atom stereocenters. The number of nitrogens with zero attached hydrogens (tertiary/aromatic N) is 2. The van der Waals surface area contributed by atoms with Crippen LogP contribution in [0.15, 0.2) is 23.4 Å². The number of carbonyl (C=O) groups excluding carboxylic acids is 1. The minimum Gasteiger partial charge on any atom is -0.296 e. The van der Waals surface area contributed by atoms with Gasteiger partial charge in [0.25, 0.3) is 0 Å². The number of imidazole rings is 1. The van der Waals surface area contributed by atoms with E-state index in [9.17, 15) is 26.4 Å². The molecule has 0 radical (unpaired) electrons. The molecule has 0 spiro atoms. The Labute approximate surface area is 112 Å². The first kappa shape index (κ1) is 14.5. The zero-order chi connectivity index (χ0) is 15.1. The number of sulfone groups is 1. The molecule has 0 atom stereocenters. The first-order valence-corrected chi connectivity index (χ1v) is 7.13. The van der Waals surface area contributed by atoms with Crippen molar-refractivity contribution in [1.82, 2.24) is 9.38 Å². The van der Waals surface area contributed by atoms with Gasteiger partial charge in [0.2, 0.25) is 0 Å². The Morgan fingerprint density at radius 2 is 2.05 bits per heavy atom. The third kappa shape index (κ3) is 2.28. The van der Waals surface area contributed by atoms with Gasteiger partial charge in [-0.05, 0) is 12.1 Å². The third-order valence-electron chi connectivity index (χ3n) is 2.72. The second-order valence-electron chi connectivity index (χ2n) is 3.96. The number of aromatic nitrogens is 2. The molecule has 0 bridgehead atoms. The molecule has 20 heavy (non-hydrogen) atoms. The number of hydrogen-bond donors (Lipinski definition) is 0. The molecular formula is C11H9F3N2O3S. The molecule has 0 saturated heterocycles. The van der Waals surface area contributed by atoms with E-state index in [0.717, 1.165) is 16.7 Å². The Hall–Kier alpha value is -1.90. The molecule has 0 aromatic carbocycles. The Morgan fingerprint density at radius 1 is 1.40 bits per heavy atom. The molecule has 0 amide bonds. The van der Waals surface area contributed by atoms with Gasteiger partial charge in [-0.25, -0.2) is 13.4 Å². The minimum atomic E-state index is -4.57. The highest BCUT2D eigenvalue weighted by Gasteiger charge is 2.32. The van der Waals surface area contributed by atoms with E-state index in [-0.39, 0.29) is 17.7 Å². The highest BCUT2D eigenvalue weighted by molar-refractivity contribution is 7.91. The summed E-state index contributed by atoms with van der Waals surface area (Å²) in [5.41, 5.74) is -1.60. The number of aldehydes is 1. The van der Waals surface area contributed by atoms with Crippen LogP contribution < -0.4 is 0 Å². The van der Waals surface area contributed by atoms with Crippen LogP contribution >= 0.6 is 0 Å². The van der Waals surface area contributed by atoms with Gasteiger partial charge in [-0.15, -0.1) is 0 Å². The summed E-state index contributed by atoms with van der Waals surface area (Å²) in [4.78, 5) is 14.5. The fraction of sp³-hybridized carbons (Fsp3) is 0.273. The average Bonchev–Trinajstić information content (AvgIpc) is 2.75. The fourth-order valence-corrected chi connectivity index (χ4v) is 2.88. The summed E-state index contributed by atoms with van der Waals surface area (Å²) < 4.78 is 62.5. The summed E-state index contributed by atoms with van der Waals surface area (Å²) in [7, 11) is -3.78. The molecule has 0 saturated carbocycles.